The molecule has 4 heteroatoms. The monoisotopic (exact) mass is 397 g/mol. The van der Waals surface area contributed by atoms with E-state index < -0.39 is 0 Å². The van der Waals surface area contributed by atoms with E-state index in [0.717, 1.165) is 28.0 Å². The first-order valence-electron chi connectivity index (χ1n) is 4.87. The number of pyridine rings is 1. The van der Waals surface area contributed by atoms with Crippen LogP contribution in [0, 0.1) is 5.41 Å². The Morgan fingerprint density at radius 2 is 1.93 bits per heavy atom. The SMILES string of the molecule is CCC(CBr)(CBr)Cc1cncc(Br)c1. The van der Waals surface area contributed by atoms with E-state index in [1.165, 1.54) is 5.56 Å². The van der Waals surface area contributed by atoms with Crippen LogP contribution >= 0.6 is 47.8 Å². The van der Waals surface area contributed by atoms with Gasteiger partial charge in [-0.2, -0.15) is 0 Å². The molecule has 0 fully saturated rings. The maximum absolute atomic E-state index is 4.19. The molecule has 0 aromatic carbocycles. The van der Waals surface area contributed by atoms with Gasteiger partial charge in [0.15, 0.2) is 0 Å². The predicted octanol–water partition coefficient (Wildman–Crippen LogP) is 4.57. The van der Waals surface area contributed by atoms with E-state index in [-0.39, 0.29) is 0 Å². The molecule has 1 rings (SSSR count). The number of alkyl halides is 2. The summed E-state index contributed by atoms with van der Waals surface area (Å²) in [4.78, 5) is 4.19. The Morgan fingerprint density at radius 1 is 1.27 bits per heavy atom. The molecule has 0 aliphatic rings. The highest BCUT2D eigenvalue weighted by Gasteiger charge is 2.26. The van der Waals surface area contributed by atoms with E-state index in [0.29, 0.717) is 5.41 Å². The Labute approximate surface area is 116 Å². The van der Waals surface area contributed by atoms with Crippen molar-refractivity contribution in [2.75, 3.05) is 10.7 Å². The number of rotatable bonds is 5. The van der Waals surface area contributed by atoms with Crippen LogP contribution in [0.2, 0.25) is 0 Å². The summed E-state index contributed by atoms with van der Waals surface area (Å²) < 4.78 is 1.05. The molecule has 0 amide bonds. The number of hydrogen-bond acceptors (Lipinski definition) is 1. The van der Waals surface area contributed by atoms with Crippen molar-refractivity contribution in [1.29, 1.82) is 0 Å². The molecule has 0 atom stereocenters. The second-order valence-electron chi connectivity index (χ2n) is 3.81. The third-order valence-electron chi connectivity index (χ3n) is 2.66. The molecule has 15 heavy (non-hydrogen) atoms. The summed E-state index contributed by atoms with van der Waals surface area (Å²) in [6.07, 6.45) is 5.96. The summed E-state index contributed by atoms with van der Waals surface area (Å²) in [6, 6.07) is 2.14. The summed E-state index contributed by atoms with van der Waals surface area (Å²) >= 11 is 10.7. The first-order chi connectivity index (χ1) is 7.15. The van der Waals surface area contributed by atoms with Gasteiger partial charge in [-0.3, -0.25) is 4.98 Å². The van der Waals surface area contributed by atoms with Crippen molar-refractivity contribution >= 4 is 47.8 Å². The van der Waals surface area contributed by atoms with E-state index in [1.54, 1.807) is 0 Å². The zero-order valence-corrected chi connectivity index (χ0v) is 13.4. The molecule has 1 nitrogen and oxygen atoms in total. The van der Waals surface area contributed by atoms with Gasteiger partial charge in [-0.1, -0.05) is 38.8 Å². The fourth-order valence-electron chi connectivity index (χ4n) is 1.43. The zero-order chi connectivity index (χ0) is 11.3. The Bertz CT molecular complexity index is 302. The Balaban J connectivity index is 2.82. The molecule has 0 spiro atoms. The van der Waals surface area contributed by atoms with E-state index in [9.17, 15) is 0 Å². The lowest BCUT2D eigenvalue weighted by molar-refractivity contribution is 0.373. The molecule has 0 bridgehead atoms. The number of hydrogen-bond donors (Lipinski definition) is 0. The van der Waals surface area contributed by atoms with Gasteiger partial charge >= 0.3 is 0 Å². The van der Waals surface area contributed by atoms with Gasteiger partial charge in [0, 0.05) is 27.5 Å². The van der Waals surface area contributed by atoms with Crippen LogP contribution in [0.4, 0.5) is 0 Å². The van der Waals surface area contributed by atoms with Gasteiger partial charge in [0.1, 0.15) is 0 Å². The van der Waals surface area contributed by atoms with Crippen LogP contribution in [0.15, 0.2) is 22.9 Å². The topological polar surface area (TPSA) is 12.9 Å². The normalized spacial score (nSPS) is 11.7. The van der Waals surface area contributed by atoms with Crippen LogP contribution in [-0.2, 0) is 6.42 Å². The quantitative estimate of drug-likeness (QED) is 0.661. The third-order valence-corrected chi connectivity index (χ3v) is 5.47. The molecular weight excluding hydrogens is 386 g/mol. The lowest BCUT2D eigenvalue weighted by Gasteiger charge is -2.28. The van der Waals surface area contributed by atoms with E-state index in [1.807, 2.05) is 12.4 Å². The van der Waals surface area contributed by atoms with Gasteiger partial charge in [-0.05, 0) is 45.8 Å². The highest BCUT2D eigenvalue weighted by Crippen LogP contribution is 2.31. The molecule has 0 radical (unpaired) electrons. The standard InChI is InChI=1S/C11H14Br3N/c1-2-11(7-12,8-13)4-9-3-10(14)6-15-5-9/h3,5-6H,2,4,7-8H2,1H3. The maximum atomic E-state index is 4.19. The van der Waals surface area contributed by atoms with Gasteiger partial charge in [0.25, 0.3) is 0 Å². The lowest BCUT2D eigenvalue weighted by Crippen LogP contribution is -2.26. The van der Waals surface area contributed by atoms with E-state index in [4.69, 9.17) is 0 Å². The second-order valence-corrected chi connectivity index (χ2v) is 5.85. The van der Waals surface area contributed by atoms with Crippen LogP contribution in [0.5, 0.6) is 0 Å². The highest BCUT2D eigenvalue weighted by molar-refractivity contribution is 9.10. The van der Waals surface area contributed by atoms with Crippen molar-refractivity contribution in [3.63, 3.8) is 0 Å². The highest BCUT2D eigenvalue weighted by atomic mass is 79.9. The summed E-state index contributed by atoms with van der Waals surface area (Å²) in [5.41, 5.74) is 1.58. The zero-order valence-electron chi connectivity index (χ0n) is 8.64. The largest absolute Gasteiger partial charge is 0.263 e. The smallest absolute Gasteiger partial charge is 0.0410 e. The second kappa shape index (κ2) is 6.36. The molecule has 0 aliphatic carbocycles. The predicted molar refractivity (Wildman–Crippen MR) is 76.0 cm³/mol. The first-order valence-corrected chi connectivity index (χ1v) is 7.91. The molecule has 84 valence electrons. The fourth-order valence-corrected chi connectivity index (χ4v) is 3.96. The molecule has 0 saturated heterocycles. The van der Waals surface area contributed by atoms with Crippen LogP contribution in [0.3, 0.4) is 0 Å². The van der Waals surface area contributed by atoms with Gasteiger partial charge < -0.3 is 0 Å². The Morgan fingerprint density at radius 3 is 2.40 bits per heavy atom. The molecule has 0 saturated carbocycles. The maximum Gasteiger partial charge on any atom is 0.0410 e. The average molecular weight is 400 g/mol. The summed E-state index contributed by atoms with van der Waals surface area (Å²) in [5.74, 6) is 0. The van der Waals surface area contributed by atoms with Crippen LogP contribution < -0.4 is 0 Å². The summed E-state index contributed by atoms with van der Waals surface area (Å²) in [5, 5.41) is 2.02. The first kappa shape index (κ1) is 13.7. The van der Waals surface area contributed by atoms with Gasteiger partial charge in [-0.15, -0.1) is 0 Å². The minimum atomic E-state index is 0.294. The molecule has 1 aromatic heterocycles. The number of aromatic nitrogens is 1. The van der Waals surface area contributed by atoms with Crippen LogP contribution in [0.1, 0.15) is 18.9 Å². The fraction of sp³-hybridized carbons (Fsp3) is 0.545. The average Bonchev–Trinajstić information content (AvgIpc) is 2.26. The summed E-state index contributed by atoms with van der Waals surface area (Å²) in [7, 11) is 0. The third kappa shape index (κ3) is 3.82. The number of nitrogens with zero attached hydrogens (tertiary/aromatic N) is 1. The van der Waals surface area contributed by atoms with Crippen molar-refractivity contribution in [3.05, 3.63) is 28.5 Å². The molecule has 0 N–H and O–H groups in total. The Hall–Kier alpha value is 0.590. The number of halogens is 3. The van der Waals surface area contributed by atoms with Crippen molar-refractivity contribution in [3.8, 4) is 0 Å². The minimum absolute atomic E-state index is 0.294. The molecule has 0 aliphatic heterocycles. The van der Waals surface area contributed by atoms with Gasteiger partial charge in [0.2, 0.25) is 0 Å². The van der Waals surface area contributed by atoms with Crippen molar-refractivity contribution in [1.82, 2.24) is 4.98 Å². The van der Waals surface area contributed by atoms with Gasteiger partial charge in [-0.25, -0.2) is 0 Å². The molecule has 0 unspecified atom stereocenters. The van der Waals surface area contributed by atoms with Crippen molar-refractivity contribution in [2.45, 2.75) is 19.8 Å². The molecule has 1 aromatic rings. The van der Waals surface area contributed by atoms with Crippen molar-refractivity contribution < 1.29 is 0 Å². The minimum Gasteiger partial charge on any atom is -0.263 e. The molecular formula is C11H14Br3N. The summed E-state index contributed by atoms with van der Waals surface area (Å²) in [6.45, 7) is 2.23. The Kier molecular flexibility index (Phi) is 5.79. The lowest BCUT2D eigenvalue weighted by atomic mass is 9.84. The van der Waals surface area contributed by atoms with E-state index >= 15 is 0 Å². The van der Waals surface area contributed by atoms with Gasteiger partial charge in [0.05, 0.1) is 0 Å². The molecule has 1 heterocycles. The van der Waals surface area contributed by atoms with Crippen LogP contribution in [-0.4, -0.2) is 15.6 Å². The van der Waals surface area contributed by atoms with Crippen LogP contribution in [0.25, 0.3) is 0 Å². The van der Waals surface area contributed by atoms with Crippen molar-refractivity contribution in [2.24, 2.45) is 5.41 Å². The van der Waals surface area contributed by atoms with E-state index in [2.05, 4.69) is 65.8 Å².